The van der Waals surface area contributed by atoms with Crippen molar-refractivity contribution < 1.29 is 14.5 Å². The van der Waals surface area contributed by atoms with E-state index in [4.69, 9.17) is 23.1 Å². The molecular formula is C16H21ClN4O4. The number of Topliss-reactive ketones (excluding diaryl/α,β-unsaturated/α-hetero) is 1. The van der Waals surface area contributed by atoms with Gasteiger partial charge in [-0.2, -0.15) is 0 Å². The zero-order valence-corrected chi connectivity index (χ0v) is 14.4. The van der Waals surface area contributed by atoms with E-state index in [0.717, 1.165) is 38.6 Å². The molecule has 0 saturated carbocycles. The van der Waals surface area contributed by atoms with Crippen LogP contribution in [-0.4, -0.2) is 47.7 Å². The van der Waals surface area contributed by atoms with Crippen molar-refractivity contribution in [1.82, 2.24) is 4.90 Å². The van der Waals surface area contributed by atoms with Crippen molar-refractivity contribution in [3.63, 3.8) is 0 Å². The van der Waals surface area contributed by atoms with E-state index < -0.39 is 10.8 Å². The van der Waals surface area contributed by atoms with E-state index in [9.17, 15) is 19.7 Å². The predicted molar refractivity (Wildman–Crippen MR) is 96.1 cm³/mol. The minimum Gasteiger partial charge on any atom is -0.366 e. The maximum absolute atomic E-state index is 10.7. The second-order valence-electron chi connectivity index (χ2n) is 5.41. The van der Waals surface area contributed by atoms with Gasteiger partial charge in [0.05, 0.1) is 11.5 Å². The second kappa shape index (κ2) is 10.5. The number of nitro groups is 1. The number of rotatable bonds is 6. The molecule has 4 N–H and O–H groups in total. The second-order valence-corrected chi connectivity index (χ2v) is 5.82. The van der Waals surface area contributed by atoms with Gasteiger partial charge < -0.3 is 11.5 Å². The maximum Gasteiger partial charge on any atom is 0.288 e. The van der Waals surface area contributed by atoms with Crippen LogP contribution in [0, 0.1) is 10.1 Å². The largest absolute Gasteiger partial charge is 0.366 e. The summed E-state index contributed by atoms with van der Waals surface area (Å²) in [5.41, 5.74) is 10.5. The van der Waals surface area contributed by atoms with Crippen LogP contribution in [0.5, 0.6) is 0 Å². The first-order valence-electron chi connectivity index (χ1n) is 7.69. The smallest absolute Gasteiger partial charge is 0.288 e. The molecule has 136 valence electrons. The van der Waals surface area contributed by atoms with Crippen LogP contribution in [0.3, 0.4) is 0 Å². The molecule has 1 aromatic carbocycles. The van der Waals surface area contributed by atoms with Gasteiger partial charge in [0.25, 0.3) is 5.69 Å². The zero-order valence-electron chi connectivity index (χ0n) is 13.7. The number of ketones is 1. The number of amides is 1. The molecule has 1 amide bonds. The first kappa shape index (κ1) is 20.8. The summed E-state index contributed by atoms with van der Waals surface area (Å²) in [6.45, 7) is 3.31. The summed E-state index contributed by atoms with van der Waals surface area (Å²) in [5, 5.41) is 10.6. The molecule has 0 bridgehead atoms. The topological polar surface area (TPSA) is 133 Å². The van der Waals surface area contributed by atoms with Gasteiger partial charge in [-0.05, 0) is 37.2 Å². The number of nitrogens with zero attached hydrogens (tertiary/aromatic N) is 2. The fourth-order valence-electron chi connectivity index (χ4n) is 2.15. The Morgan fingerprint density at radius 3 is 2.68 bits per heavy atom. The first-order valence-corrected chi connectivity index (χ1v) is 8.07. The van der Waals surface area contributed by atoms with Crippen LogP contribution < -0.4 is 11.5 Å². The molecule has 0 aromatic heterocycles. The number of nitrogens with two attached hydrogens (primary N) is 2. The molecule has 1 saturated heterocycles. The van der Waals surface area contributed by atoms with E-state index in [2.05, 4.69) is 4.90 Å². The van der Waals surface area contributed by atoms with Gasteiger partial charge in [0.15, 0.2) is 0 Å². The number of hydrogen-bond acceptors (Lipinski definition) is 6. The van der Waals surface area contributed by atoms with E-state index in [0.29, 0.717) is 17.9 Å². The minimum atomic E-state index is -0.618. The third kappa shape index (κ3) is 7.88. The van der Waals surface area contributed by atoms with Gasteiger partial charge >= 0.3 is 0 Å². The van der Waals surface area contributed by atoms with Gasteiger partial charge in [-0.25, -0.2) is 0 Å². The quantitative estimate of drug-likeness (QED) is 0.442. The number of nitro benzene ring substituents is 1. The van der Waals surface area contributed by atoms with Crippen molar-refractivity contribution in [2.45, 2.75) is 12.8 Å². The third-order valence-electron chi connectivity index (χ3n) is 3.39. The molecule has 1 aliphatic rings. The minimum absolute atomic E-state index is 0.0521. The molecule has 1 fully saturated rings. The van der Waals surface area contributed by atoms with Crippen LogP contribution in [0.2, 0.25) is 5.02 Å². The average molecular weight is 369 g/mol. The van der Waals surface area contributed by atoms with Gasteiger partial charge in [0.2, 0.25) is 5.91 Å². The highest BCUT2D eigenvalue weighted by Crippen LogP contribution is 2.25. The molecule has 25 heavy (non-hydrogen) atoms. The fourth-order valence-corrected chi connectivity index (χ4v) is 2.33. The number of carbonyl (C=O) groups excluding carboxylic acids is 2. The van der Waals surface area contributed by atoms with E-state index in [1.165, 1.54) is 18.2 Å². The number of likely N-dealkylation sites (tertiary alicyclic amines) is 1. The van der Waals surface area contributed by atoms with Gasteiger partial charge in [-0.15, -0.1) is 0 Å². The molecule has 9 heteroatoms. The highest BCUT2D eigenvalue weighted by molar-refractivity contribution is 6.32. The van der Waals surface area contributed by atoms with E-state index >= 15 is 0 Å². The molecular weight excluding hydrogens is 348 g/mol. The normalized spacial score (nSPS) is 14.4. The Morgan fingerprint density at radius 1 is 1.44 bits per heavy atom. The molecule has 1 aromatic rings. The van der Waals surface area contributed by atoms with Crippen molar-refractivity contribution >= 4 is 35.1 Å². The molecule has 0 unspecified atom stereocenters. The van der Waals surface area contributed by atoms with Gasteiger partial charge in [0, 0.05) is 25.1 Å². The van der Waals surface area contributed by atoms with E-state index in [1.54, 1.807) is 6.07 Å². The number of carbonyl (C=O) groups is 2. The number of hydrogen-bond donors (Lipinski definition) is 2. The van der Waals surface area contributed by atoms with Crippen LogP contribution in [0.15, 0.2) is 24.3 Å². The van der Waals surface area contributed by atoms with Crippen LogP contribution in [0.25, 0.3) is 6.08 Å². The highest BCUT2D eigenvalue weighted by atomic mass is 35.5. The lowest BCUT2D eigenvalue weighted by atomic mass is 10.2. The Hall–Kier alpha value is -2.29. The number of benzene rings is 1. The molecule has 1 heterocycles. The monoisotopic (exact) mass is 368 g/mol. The standard InChI is InChI=1S/C9H7ClN2O3.C7H14N2O/c10-7-3-1-6(2-4-9(11)13)5-8(7)12(14)15;8-3-1-4-9-5-2-7(10)6-9/h1-5H,(H2,11,13);1-6,8H2. The molecule has 0 radical (unpaired) electrons. The Labute approximate surface area is 150 Å². The molecule has 8 nitrogen and oxygen atoms in total. The molecule has 2 rings (SSSR count). The van der Waals surface area contributed by atoms with Crippen LogP contribution in [0.1, 0.15) is 18.4 Å². The number of primary amides is 1. The molecule has 0 spiro atoms. The van der Waals surface area contributed by atoms with E-state index in [-0.39, 0.29) is 10.7 Å². The summed E-state index contributed by atoms with van der Waals surface area (Å²) >= 11 is 5.60. The SMILES string of the molecule is NC(=O)C=Cc1ccc(Cl)c([N+](=O)[O-])c1.NCCCN1CCC(=O)C1. The first-order chi connectivity index (χ1) is 11.8. The Balaban J connectivity index is 0.000000271. The summed E-state index contributed by atoms with van der Waals surface area (Å²) < 4.78 is 0. The summed E-state index contributed by atoms with van der Waals surface area (Å²) in [6.07, 6.45) is 4.25. The fraction of sp³-hybridized carbons (Fsp3) is 0.375. The lowest BCUT2D eigenvalue weighted by Gasteiger charge is -2.11. The highest BCUT2D eigenvalue weighted by Gasteiger charge is 2.17. The van der Waals surface area contributed by atoms with Crippen molar-refractivity contribution in [3.05, 3.63) is 45.0 Å². The Bertz CT molecular complexity index is 664. The van der Waals surface area contributed by atoms with Crippen molar-refractivity contribution in [2.24, 2.45) is 11.5 Å². The van der Waals surface area contributed by atoms with Crippen LogP contribution >= 0.6 is 11.6 Å². The van der Waals surface area contributed by atoms with Gasteiger partial charge in [-0.3, -0.25) is 24.6 Å². The predicted octanol–water partition coefficient (Wildman–Crippen LogP) is 1.36. The molecule has 0 aliphatic carbocycles. The third-order valence-corrected chi connectivity index (χ3v) is 3.71. The lowest BCUT2D eigenvalue weighted by Crippen LogP contribution is -2.23. The maximum atomic E-state index is 10.7. The number of halogens is 1. The summed E-state index contributed by atoms with van der Waals surface area (Å²) in [6, 6.07) is 4.21. The van der Waals surface area contributed by atoms with Crippen molar-refractivity contribution in [2.75, 3.05) is 26.2 Å². The summed E-state index contributed by atoms with van der Waals surface area (Å²) in [7, 11) is 0. The Kier molecular flexibility index (Phi) is 8.76. The lowest BCUT2D eigenvalue weighted by molar-refractivity contribution is -0.384. The van der Waals surface area contributed by atoms with Gasteiger partial charge in [0.1, 0.15) is 10.8 Å². The van der Waals surface area contributed by atoms with Gasteiger partial charge in [-0.1, -0.05) is 17.7 Å². The van der Waals surface area contributed by atoms with Crippen molar-refractivity contribution in [3.8, 4) is 0 Å². The van der Waals surface area contributed by atoms with Crippen LogP contribution in [-0.2, 0) is 9.59 Å². The molecule has 0 atom stereocenters. The average Bonchev–Trinajstić information content (AvgIpc) is 2.98. The molecule has 1 aliphatic heterocycles. The van der Waals surface area contributed by atoms with Crippen molar-refractivity contribution in [1.29, 1.82) is 0 Å². The summed E-state index contributed by atoms with van der Waals surface area (Å²) in [4.78, 5) is 33.3. The van der Waals surface area contributed by atoms with Crippen LogP contribution in [0.4, 0.5) is 5.69 Å². The Morgan fingerprint density at radius 2 is 2.16 bits per heavy atom. The summed E-state index contributed by atoms with van der Waals surface area (Å²) in [5.74, 6) is -0.246. The van der Waals surface area contributed by atoms with E-state index in [1.807, 2.05) is 0 Å². The zero-order chi connectivity index (χ0) is 18.8.